The normalized spacial score (nSPS) is 24.0. The molecule has 5 heteroatoms. The predicted octanol–water partition coefficient (Wildman–Crippen LogP) is 2.84. The van der Waals surface area contributed by atoms with Gasteiger partial charge in [-0.1, -0.05) is 18.6 Å². The van der Waals surface area contributed by atoms with E-state index in [2.05, 4.69) is 0 Å². The summed E-state index contributed by atoms with van der Waals surface area (Å²) < 4.78 is 27.4. The Morgan fingerprint density at radius 1 is 1.19 bits per heavy atom. The molecule has 0 spiro atoms. The van der Waals surface area contributed by atoms with E-state index in [1.54, 1.807) is 22.5 Å². The lowest BCUT2D eigenvalue weighted by molar-refractivity contribution is 0.101. The summed E-state index contributed by atoms with van der Waals surface area (Å²) in [6, 6.07) is 6.57. The van der Waals surface area contributed by atoms with Crippen molar-refractivity contribution in [2.24, 2.45) is 5.92 Å². The Bertz CT molecular complexity index is 649. The van der Waals surface area contributed by atoms with E-state index in [-0.39, 0.29) is 16.7 Å². The van der Waals surface area contributed by atoms with Gasteiger partial charge in [0.25, 0.3) is 0 Å². The zero-order valence-corrected chi connectivity index (χ0v) is 13.1. The first kappa shape index (κ1) is 14.7. The van der Waals surface area contributed by atoms with E-state index >= 15 is 0 Å². The van der Waals surface area contributed by atoms with Crippen LogP contribution in [0.4, 0.5) is 0 Å². The van der Waals surface area contributed by atoms with Gasteiger partial charge in [-0.3, -0.25) is 4.79 Å². The van der Waals surface area contributed by atoms with Crippen molar-refractivity contribution in [3.63, 3.8) is 0 Å². The molecule has 2 fully saturated rings. The van der Waals surface area contributed by atoms with Crippen molar-refractivity contribution in [2.45, 2.75) is 50.0 Å². The maximum Gasteiger partial charge on any atom is 0.243 e. The van der Waals surface area contributed by atoms with Crippen molar-refractivity contribution in [2.75, 3.05) is 6.54 Å². The number of benzene rings is 1. The van der Waals surface area contributed by atoms with E-state index in [4.69, 9.17) is 0 Å². The SMILES string of the molecule is CC(=O)c1cccc(S(=O)(=O)N2CCCC2C2CCC2)c1. The van der Waals surface area contributed by atoms with Gasteiger partial charge in [-0.05, 0) is 50.7 Å². The molecule has 1 aliphatic heterocycles. The lowest BCUT2D eigenvalue weighted by Gasteiger charge is -2.36. The van der Waals surface area contributed by atoms with Crippen LogP contribution in [0.5, 0.6) is 0 Å². The van der Waals surface area contributed by atoms with E-state index < -0.39 is 10.0 Å². The van der Waals surface area contributed by atoms with Crippen molar-refractivity contribution < 1.29 is 13.2 Å². The fourth-order valence-electron chi connectivity index (χ4n) is 3.37. The number of nitrogens with zero attached hydrogens (tertiary/aromatic N) is 1. The number of hydrogen-bond acceptors (Lipinski definition) is 3. The number of Topliss-reactive ketones (excluding diaryl/α,β-unsaturated/α-hetero) is 1. The number of rotatable bonds is 4. The molecule has 2 aliphatic rings. The molecule has 3 rings (SSSR count). The van der Waals surface area contributed by atoms with Crippen LogP contribution in [-0.4, -0.2) is 31.1 Å². The first-order valence-corrected chi connectivity index (χ1v) is 9.07. The van der Waals surface area contributed by atoms with Crippen LogP contribution >= 0.6 is 0 Å². The molecular formula is C16H21NO3S. The Kier molecular flexibility index (Phi) is 3.88. The summed E-state index contributed by atoms with van der Waals surface area (Å²) in [5.41, 5.74) is 0.454. The molecule has 1 unspecified atom stereocenters. The van der Waals surface area contributed by atoms with Crippen molar-refractivity contribution in [3.05, 3.63) is 29.8 Å². The van der Waals surface area contributed by atoms with Crippen LogP contribution in [0.15, 0.2) is 29.2 Å². The fraction of sp³-hybridized carbons (Fsp3) is 0.562. The van der Waals surface area contributed by atoms with Crippen molar-refractivity contribution in [1.82, 2.24) is 4.31 Å². The number of carbonyl (C=O) groups is 1. The fourth-order valence-corrected chi connectivity index (χ4v) is 5.17. The van der Waals surface area contributed by atoms with Gasteiger partial charge in [0.2, 0.25) is 10.0 Å². The number of carbonyl (C=O) groups excluding carboxylic acids is 1. The summed E-state index contributed by atoms with van der Waals surface area (Å²) in [5.74, 6) is 0.419. The average molecular weight is 307 g/mol. The van der Waals surface area contributed by atoms with Gasteiger partial charge in [-0.2, -0.15) is 4.31 Å². The summed E-state index contributed by atoms with van der Waals surface area (Å²) in [6.07, 6.45) is 5.41. The summed E-state index contributed by atoms with van der Waals surface area (Å²) in [7, 11) is -3.48. The van der Waals surface area contributed by atoms with E-state index in [9.17, 15) is 13.2 Å². The molecule has 1 heterocycles. The standard InChI is InChI=1S/C16H21NO3S/c1-12(18)14-7-3-8-15(11-14)21(19,20)17-10-4-9-16(17)13-5-2-6-13/h3,7-8,11,13,16H,2,4-6,9-10H2,1H3. The van der Waals surface area contributed by atoms with Crippen LogP contribution in [0.25, 0.3) is 0 Å². The molecule has 4 nitrogen and oxygen atoms in total. The second-order valence-electron chi connectivity index (χ2n) is 6.10. The van der Waals surface area contributed by atoms with Crippen LogP contribution in [-0.2, 0) is 10.0 Å². The van der Waals surface area contributed by atoms with Crippen molar-refractivity contribution in [1.29, 1.82) is 0 Å². The van der Waals surface area contributed by atoms with Crippen LogP contribution in [0, 0.1) is 5.92 Å². The molecular weight excluding hydrogens is 286 g/mol. The molecule has 1 saturated carbocycles. The minimum Gasteiger partial charge on any atom is -0.295 e. The Hall–Kier alpha value is -1.20. The van der Waals surface area contributed by atoms with E-state index in [0.717, 1.165) is 25.7 Å². The Morgan fingerprint density at radius 3 is 2.57 bits per heavy atom. The van der Waals surface area contributed by atoms with Crippen molar-refractivity contribution >= 4 is 15.8 Å². The van der Waals surface area contributed by atoms with Gasteiger partial charge in [0.05, 0.1) is 4.90 Å². The molecule has 0 radical (unpaired) electrons. The van der Waals surface area contributed by atoms with Gasteiger partial charge >= 0.3 is 0 Å². The second-order valence-corrected chi connectivity index (χ2v) is 7.99. The maximum atomic E-state index is 12.9. The third-order valence-electron chi connectivity index (χ3n) is 4.79. The van der Waals surface area contributed by atoms with Crippen LogP contribution in [0.1, 0.15) is 49.4 Å². The molecule has 0 amide bonds. The molecule has 0 bridgehead atoms. The molecule has 0 N–H and O–H groups in total. The number of hydrogen-bond donors (Lipinski definition) is 0. The van der Waals surface area contributed by atoms with Gasteiger partial charge in [0.1, 0.15) is 0 Å². The lowest BCUT2D eigenvalue weighted by Crippen LogP contribution is -2.42. The van der Waals surface area contributed by atoms with Gasteiger partial charge in [-0.25, -0.2) is 8.42 Å². The van der Waals surface area contributed by atoms with Gasteiger partial charge in [0, 0.05) is 18.2 Å². The van der Waals surface area contributed by atoms with Gasteiger partial charge in [-0.15, -0.1) is 0 Å². The van der Waals surface area contributed by atoms with Crippen LogP contribution in [0.2, 0.25) is 0 Å². The highest BCUT2D eigenvalue weighted by Gasteiger charge is 2.41. The third kappa shape index (κ3) is 2.64. The zero-order chi connectivity index (χ0) is 15.0. The van der Waals surface area contributed by atoms with E-state index in [1.165, 1.54) is 19.4 Å². The Labute approximate surface area is 126 Å². The Morgan fingerprint density at radius 2 is 1.95 bits per heavy atom. The van der Waals surface area contributed by atoms with E-state index in [1.807, 2.05) is 0 Å². The molecule has 1 aromatic carbocycles. The second kappa shape index (κ2) is 5.54. The first-order chi connectivity index (χ1) is 10.00. The topological polar surface area (TPSA) is 54.5 Å². The number of sulfonamides is 1. The Balaban J connectivity index is 1.92. The third-order valence-corrected chi connectivity index (χ3v) is 6.71. The molecule has 21 heavy (non-hydrogen) atoms. The first-order valence-electron chi connectivity index (χ1n) is 7.63. The summed E-state index contributed by atoms with van der Waals surface area (Å²) in [6.45, 7) is 2.06. The quantitative estimate of drug-likeness (QED) is 0.804. The summed E-state index contributed by atoms with van der Waals surface area (Å²) >= 11 is 0. The molecule has 1 atom stereocenters. The monoisotopic (exact) mass is 307 g/mol. The highest BCUT2D eigenvalue weighted by molar-refractivity contribution is 7.89. The highest BCUT2D eigenvalue weighted by Crippen LogP contribution is 2.39. The average Bonchev–Trinajstić information content (AvgIpc) is 2.86. The molecule has 1 aromatic rings. The molecule has 0 aromatic heterocycles. The molecule has 114 valence electrons. The van der Waals surface area contributed by atoms with Crippen LogP contribution < -0.4 is 0 Å². The van der Waals surface area contributed by atoms with Crippen LogP contribution in [0.3, 0.4) is 0 Å². The molecule has 1 saturated heterocycles. The van der Waals surface area contributed by atoms with E-state index in [0.29, 0.717) is 18.0 Å². The zero-order valence-electron chi connectivity index (χ0n) is 12.3. The summed E-state index contributed by atoms with van der Waals surface area (Å²) in [4.78, 5) is 11.7. The van der Waals surface area contributed by atoms with Gasteiger partial charge < -0.3 is 0 Å². The maximum absolute atomic E-state index is 12.9. The predicted molar refractivity (Wildman–Crippen MR) is 80.7 cm³/mol. The minimum atomic E-state index is -3.48. The molecule has 1 aliphatic carbocycles. The summed E-state index contributed by atoms with van der Waals surface area (Å²) in [5, 5.41) is 0. The largest absolute Gasteiger partial charge is 0.295 e. The minimum absolute atomic E-state index is 0.107. The smallest absolute Gasteiger partial charge is 0.243 e. The highest BCUT2D eigenvalue weighted by atomic mass is 32.2. The number of ketones is 1. The lowest BCUT2D eigenvalue weighted by atomic mass is 9.79. The van der Waals surface area contributed by atoms with Gasteiger partial charge in [0.15, 0.2) is 5.78 Å². The van der Waals surface area contributed by atoms with Crippen molar-refractivity contribution in [3.8, 4) is 0 Å².